The van der Waals surface area contributed by atoms with Crippen molar-refractivity contribution in [1.29, 1.82) is 0 Å². The molecule has 5 heteroatoms. The van der Waals surface area contributed by atoms with Crippen LogP contribution in [0.4, 0.5) is 0 Å². The molecule has 0 aliphatic rings. The Labute approximate surface area is 200 Å². The first-order chi connectivity index (χ1) is 16.5. The standard InChI is InChI=1S/C11H13N.2C9H8N2/c1-4-9(3)11-10(5-2)7-6-8-12-11;1-7-9-8(4-6-10-7)3-2-5-11-9;1-7-3-2-4-9-8(7)5-6-10-11-9/h4-8H,1H2,2-3H3;2*2-6H,1H3/b10-5-,11-9+;;. The third kappa shape index (κ3) is 6.17. The fourth-order valence-electron chi connectivity index (χ4n) is 3.39. The van der Waals surface area contributed by atoms with E-state index in [1.807, 2.05) is 69.3 Å². The topological polar surface area (TPSA) is 64.5 Å². The molecule has 0 aliphatic heterocycles. The van der Waals surface area contributed by atoms with Crippen molar-refractivity contribution in [2.24, 2.45) is 0 Å². The summed E-state index contributed by atoms with van der Waals surface area (Å²) in [6.07, 6.45) is 11.0. The predicted octanol–water partition coefficient (Wildman–Crippen LogP) is 5.12. The Hall–Kier alpha value is -4.25. The third-order valence-corrected chi connectivity index (χ3v) is 5.31. The summed E-state index contributed by atoms with van der Waals surface area (Å²) in [5.74, 6) is 0. The monoisotopic (exact) mass is 447 g/mol. The maximum absolute atomic E-state index is 4.28. The molecule has 0 radical (unpaired) electrons. The van der Waals surface area contributed by atoms with E-state index in [1.165, 1.54) is 10.9 Å². The number of aryl methyl sites for hydroxylation is 2. The summed E-state index contributed by atoms with van der Waals surface area (Å²) in [5.41, 5.74) is 5.31. The van der Waals surface area contributed by atoms with Gasteiger partial charge in [0.25, 0.3) is 0 Å². The largest absolute Gasteiger partial charge is 0.259 e. The summed E-state index contributed by atoms with van der Waals surface area (Å²) in [6, 6.07) is 17.9. The molecule has 5 rings (SSSR count). The highest BCUT2D eigenvalue weighted by Gasteiger charge is 1.96. The summed E-state index contributed by atoms with van der Waals surface area (Å²) in [4.78, 5) is 12.6. The van der Waals surface area contributed by atoms with Crippen molar-refractivity contribution in [3.05, 3.63) is 114 Å². The molecule has 0 fully saturated rings. The Bertz CT molecular complexity index is 1440. The Morgan fingerprint density at radius 1 is 0.824 bits per heavy atom. The summed E-state index contributed by atoms with van der Waals surface area (Å²) in [6.45, 7) is 11.8. The van der Waals surface area contributed by atoms with Crippen LogP contribution in [-0.2, 0) is 0 Å². The second-order valence-corrected chi connectivity index (χ2v) is 7.63. The normalized spacial score (nSPS) is 11.7. The predicted molar refractivity (Wildman–Crippen MR) is 141 cm³/mol. The summed E-state index contributed by atoms with van der Waals surface area (Å²) in [7, 11) is 0. The number of fused-ring (bicyclic) bond motifs is 2. The number of benzene rings is 1. The third-order valence-electron chi connectivity index (χ3n) is 5.31. The average molecular weight is 448 g/mol. The molecule has 34 heavy (non-hydrogen) atoms. The molecule has 0 N–H and O–H groups in total. The minimum Gasteiger partial charge on any atom is -0.259 e. The van der Waals surface area contributed by atoms with E-state index < -0.39 is 0 Å². The van der Waals surface area contributed by atoms with Gasteiger partial charge in [-0.05, 0) is 74.4 Å². The molecule has 1 aromatic carbocycles. The van der Waals surface area contributed by atoms with E-state index >= 15 is 0 Å². The van der Waals surface area contributed by atoms with Crippen molar-refractivity contribution >= 4 is 33.5 Å². The Morgan fingerprint density at radius 2 is 1.62 bits per heavy atom. The highest BCUT2D eigenvalue weighted by molar-refractivity contribution is 5.81. The Morgan fingerprint density at radius 3 is 2.35 bits per heavy atom. The lowest BCUT2D eigenvalue weighted by atomic mass is 10.1. The zero-order chi connectivity index (χ0) is 24.3. The van der Waals surface area contributed by atoms with Gasteiger partial charge in [-0.15, -0.1) is 0 Å². The van der Waals surface area contributed by atoms with Crippen LogP contribution in [0.3, 0.4) is 0 Å². The van der Waals surface area contributed by atoms with Gasteiger partial charge in [0.05, 0.1) is 28.3 Å². The van der Waals surface area contributed by atoms with E-state index in [1.54, 1.807) is 24.8 Å². The number of aromatic nitrogens is 5. The van der Waals surface area contributed by atoms with Crippen molar-refractivity contribution in [3.8, 4) is 0 Å². The summed E-state index contributed by atoms with van der Waals surface area (Å²) >= 11 is 0. The number of rotatable bonds is 1. The van der Waals surface area contributed by atoms with Crippen LogP contribution in [0.5, 0.6) is 0 Å². The molecule has 4 aromatic heterocycles. The highest BCUT2D eigenvalue weighted by Crippen LogP contribution is 2.13. The van der Waals surface area contributed by atoms with Crippen LogP contribution in [0, 0.1) is 13.8 Å². The van der Waals surface area contributed by atoms with Crippen LogP contribution >= 0.6 is 0 Å². The minimum absolute atomic E-state index is 0.965. The maximum Gasteiger partial charge on any atom is 0.0932 e. The van der Waals surface area contributed by atoms with Gasteiger partial charge in [-0.25, -0.2) is 0 Å². The second-order valence-electron chi connectivity index (χ2n) is 7.63. The van der Waals surface area contributed by atoms with Crippen molar-refractivity contribution in [2.75, 3.05) is 0 Å². The van der Waals surface area contributed by atoms with E-state index in [4.69, 9.17) is 0 Å². The van der Waals surface area contributed by atoms with Gasteiger partial charge in [0.2, 0.25) is 0 Å². The molecule has 0 unspecified atom stereocenters. The number of hydrogen-bond donors (Lipinski definition) is 0. The number of nitrogens with zero attached hydrogens (tertiary/aromatic N) is 5. The molecule has 0 saturated heterocycles. The average Bonchev–Trinajstić information content (AvgIpc) is 2.89. The van der Waals surface area contributed by atoms with Gasteiger partial charge in [0.1, 0.15) is 0 Å². The highest BCUT2D eigenvalue weighted by atomic mass is 15.1. The van der Waals surface area contributed by atoms with Crippen molar-refractivity contribution in [1.82, 2.24) is 25.1 Å². The lowest BCUT2D eigenvalue weighted by Crippen LogP contribution is -2.28. The van der Waals surface area contributed by atoms with E-state index in [9.17, 15) is 0 Å². The quantitative estimate of drug-likeness (QED) is 0.357. The first-order valence-electron chi connectivity index (χ1n) is 11.1. The zero-order valence-electron chi connectivity index (χ0n) is 20.1. The molecule has 0 amide bonds. The second kappa shape index (κ2) is 12.1. The van der Waals surface area contributed by atoms with Crippen LogP contribution in [0.2, 0.25) is 0 Å². The fourth-order valence-corrected chi connectivity index (χ4v) is 3.39. The molecule has 5 nitrogen and oxygen atoms in total. The minimum atomic E-state index is 0.965. The molecule has 5 aromatic rings. The SMILES string of the molecule is C=C/C(C)=c1/nccc/c1=C/C.Cc1cccc2nnccc12.Cc1nccc2cccnc12. The molecular formula is C29H29N5. The summed E-state index contributed by atoms with van der Waals surface area (Å²) in [5, 5.41) is 12.3. The lowest BCUT2D eigenvalue weighted by Gasteiger charge is -1.96. The number of hydrogen-bond acceptors (Lipinski definition) is 5. The van der Waals surface area contributed by atoms with Crippen molar-refractivity contribution in [2.45, 2.75) is 27.7 Å². The summed E-state index contributed by atoms with van der Waals surface area (Å²) < 4.78 is 0. The molecular weight excluding hydrogens is 418 g/mol. The lowest BCUT2D eigenvalue weighted by molar-refractivity contribution is 1.07. The van der Waals surface area contributed by atoms with Gasteiger partial charge in [0.15, 0.2) is 0 Å². The van der Waals surface area contributed by atoms with Gasteiger partial charge < -0.3 is 0 Å². The first kappa shape index (κ1) is 24.4. The number of pyridine rings is 3. The van der Waals surface area contributed by atoms with Gasteiger partial charge >= 0.3 is 0 Å². The maximum atomic E-state index is 4.28. The van der Waals surface area contributed by atoms with Gasteiger partial charge in [-0.3, -0.25) is 15.0 Å². The van der Waals surface area contributed by atoms with Gasteiger partial charge in [-0.2, -0.15) is 10.2 Å². The van der Waals surface area contributed by atoms with Crippen LogP contribution < -0.4 is 10.6 Å². The molecule has 0 aliphatic carbocycles. The smallest absolute Gasteiger partial charge is 0.0932 e. The van der Waals surface area contributed by atoms with E-state index in [2.05, 4.69) is 56.9 Å². The van der Waals surface area contributed by atoms with Gasteiger partial charge in [0, 0.05) is 29.4 Å². The van der Waals surface area contributed by atoms with Crippen molar-refractivity contribution < 1.29 is 0 Å². The van der Waals surface area contributed by atoms with Gasteiger partial charge in [-0.1, -0.05) is 43.0 Å². The van der Waals surface area contributed by atoms with Crippen LogP contribution in [0.1, 0.15) is 25.1 Å². The zero-order valence-corrected chi connectivity index (χ0v) is 20.1. The Balaban J connectivity index is 0.000000143. The molecule has 0 atom stereocenters. The first-order valence-corrected chi connectivity index (χ1v) is 11.1. The number of allylic oxidation sites excluding steroid dienone is 1. The van der Waals surface area contributed by atoms with Crippen molar-refractivity contribution in [3.63, 3.8) is 0 Å². The van der Waals surface area contributed by atoms with E-state index in [0.717, 1.165) is 38.3 Å². The molecule has 0 saturated carbocycles. The Kier molecular flexibility index (Phi) is 8.69. The van der Waals surface area contributed by atoms with Crippen LogP contribution in [-0.4, -0.2) is 25.1 Å². The molecule has 0 bridgehead atoms. The van der Waals surface area contributed by atoms with E-state index in [0.29, 0.717) is 0 Å². The molecule has 170 valence electrons. The van der Waals surface area contributed by atoms with Crippen LogP contribution in [0.25, 0.3) is 33.5 Å². The van der Waals surface area contributed by atoms with Crippen LogP contribution in [0.15, 0.2) is 92.0 Å². The molecule has 4 heterocycles. The van der Waals surface area contributed by atoms with E-state index in [-0.39, 0.29) is 0 Å². The molecule has 0 spiro atoms. The fraction of sp³-hybridized carbons (Fsp3) is 0.138.